The maximum atomic E-state index is 14.4. The molecular formula is C32H35Cl2N3O4. The minimum absolute atomic E-state index is 0.216. The summed E-state index contributed by atoms with van der Waals surface area (Å²) in [6.45, 7) is 5.91. The van der Waals surface area contributed by atoms with Gasteiger partial charge < -0.3 is 20.3 Å². The van der Waals surface area contributed by atoms with Crippen LogP contribution in [0.1, 0.15) is 56.2 Å². The zero-order valence-corrected chi connectivity index (χ0v) is 24.9. The average molecular weight is 597 g/mol. The van der Waals surface area contributed by atoms with Gasteiger partial charge in [-0.1, -0.05) is 83.9 Å². The standard InChI is InChI=1S/C32H35Cl2N3O4/c1-32(2,3)41-31(40)36-28(27(22-11-6-4-7-12-22)23-13-8-5-9-14-23)30(39)37-16-10-15-26(37)29(38)35-20-21-17-24(33)19-25(34)18-21/h4-9,11-14,17-19,26-28H,10,15-16,20H2,1-3H3,(H,35,38)(H,36,40)/t26-,28+/m0/s1. The monoisotopic (exact) mass is 595 g/mol. The van der Waals surface area contributed by atoms with Crippen LogP contribution in [0.25, 0.3) is 0 Å². The van der Waals surface area contributed by atoms with E-state index in [1.807, 2.05) is 60.7 Å². The third kappa shape index (κ3) is 8.24. The molecule has 0 aliphatic carbocycles. The number of alkyl carbamates (subject to hydrolysis) is 1. The molecule has 41 heavy (non-hydrogen) atoms. The van der Waals surface area contributed by atoms with Crippen LogP contribution in [0.5, 0.6) is 0 Å². The van der Waals surface area contributed by atoms with Gasteiger partial charge in [0.15, 0.2) is 0 Å². The second-order valence-corrected chi connectivity index (χ2v) is 12.0. The smallest absolute Gasteiger partial charge is 0.408 e. The van der Waals surface area contributed by atoms with Crippen molar-refractivity contribution in [3.05, 3.63) is 106 Å². The average Bonchev–Trinajstić information content (AvgIpc) is 3.41. The number of benzene rings is 3. The van der Waals surface area contributed by atoms with Crippen molar-refractivity contribution in [1.29, 1.82) is 0 Å². The summed E-state index contributed by atoms with van der Waals surface area (Å²) < 4.78 is 5.56. The number of carbonyl (C=O) groups excluding carboxylic acids is 3. The van der Waals surface area contributed by atoms with E-state index in [0.29, 0.717) is 29.4 Å². The first kappa shape index (κ1) is 30.4. The predicted molar refractivity (Wildman–Crippen MR) is 161 cm³/mol. The van der Waals surface area contributed by atoms with Gasteiger partial charge in [0, 0.05) is 29.1 Å². The molecule has 216 valence electrons. The third-order valence-electron chi connectivity index (χ3n) is 6.82. The van der Waals surface area contributed by atoms with E-state index in [2.05, 4.69) is 10.6 Å². The van der Waals surface area contributed by atoms with Crippen LogP contribution in [0.15, 0.2) is 78.9 Å². The van der Waals surface area contributed by atoms with Crippen LogP contribution in [0, 0.1) is 0 Å². The molecule has 2 atom stereocenters. The molecule has 0 bridgehead atoms. The van der Waals surface area contributed by atoms with Gasteiger partial charge >= 0.3 is 6.09 Å². The molecule has 1 aliphatic heterocycles. The van der Waals surface area contributed by atoms with Crippen LogP contribution >= 0.6 is 23.2 Å². The van der Waals surface area contributed by atoms with E-state index in [1.165, 1.54) is 0 Å². The molecule has 4 rings (SSSR count). The molecule has 3 aromatic rings. The SMILES string of the molecule is CC(C)(C)OC(=O)N[C@@H](C(=O)N1CCC[C@H]1C(=O)NCc1cc(Cl)cc(Cl)c1)C(c1ccccc1)c1ccccc1. The number of hydrogen-bond acceptors (Lipinski definition) is 4. The van der Waals surface area contributed by atoms with Crippen molar-refractivity contribution < 1.29 is 19.1 Å². The molecule has 0 saturated carbocycles. The van der Waals surface area contributed by atoms with Crippen molar-refractivity contribution >= 4 is 41.1 Å². The summed E-state index contributed by atoms with van der Waals surface area (Å²) in [6, 6.07) is 22.5. The van der Waals surface area contributed by atoms with E-state index in [0.717, 1.165) is 16.7 Å². The summed E-state index contributed by atoms with van der Waals surface area (Å²) in [7, 11) is 0. The van der Waals surface area contributed by atoms with E-state index in [1.54, 1.807) is 43.9 Å². The van der Waals surface area contributed by atoms with Crippen LogP contribution in [-0.2, 0) is 20.9 Å². The number of nitrogens with zero attached hydrogens (tertiary/aromatic N) is 1. The quantitative estimate of drug-likeness (QED) is 0.319. The first-order valence-electron chi connectivity index (χ1n) is 13.6. The molecule has 0 radical (unpaired) electrons. The van der Waals surface area contributed by atoms with Gasteiger partial charge in [-0.3, -0.25) is 9.59 Å². The maximum absolute atomic E-state index is 14.4. The van der Waals surface area contributed by atoms with Crippen molar-refractivity contribution in [3.8, 4) is 0 Å². The largest absolute Gasteiger partial charge is 0.444 e. The highest BCUT2D eigenvalue weighted by Gasteiger charge is 2.42. The number of rotatable bonds is 8. The first-order valence-corrected chi connectivity index (χ1v) is 14.4. The van der Waals surface area contributed by atoms with Gasteiger partial charge in [0.05, 0.1) is 0 Å². The second-order valence-electron chi connectivity index (χ2n) is 11.1. The summed E-state index contributed by atoms with van der Waals surface area (Å²) in [5.74, 6) is -1.15. The molecule has 3 aromatic carbocycles. The molecule has 0 spiro atoms. The van der Waals surface area contributed by atoms with Crippen LogP contribution in [-0.4, -0.2) is 47.0 Å². The van der Waals surface area contributed by atoms with Crippen LogP contribution in [0.3, 0.4) is 0 Å². The minimum Gasteiger partial charge on any atom is -0.444 e. The van der Waals surface area contributed by atoms with E-state index in [9.17, 15) is 14.4 Å². The molecule has 1 heterocycles. The molecule has 1 saturated heterocycles. The lowest BCUT2D eigenvalue weighted by Gasteiger charge is -2.34. The van der Waals surface area contributed by atoms with E-state index < -0.39 is 29.7 Å². The Balaban J connectivity index is 1.63. The Hall–Kier alpha value is -3.55. The van der Waals surface area contributed by atoms with Gasteiger partial charge in [-0.25, -0.2) is 4.79 Å². The second kappa shape index (κ2) is 13.4. The number of halogens is 2. The number of ether oxygens (including phenoxy) is 1. The highest BCUT2D eigenvalue weighted by molar-refractivity contribution is 6.34. The predicted octanol–water partition coefficient (Wildman–Crippen LogP) is 6.33. The third-order valence-corrected chi connectivity index (χ3v) is 7.25. The number of hydrogen-bond donors (Lipinski definition) is 2. The number of nitrogens with one attached hydrogen (secondary N) is 2. The van der Waals surface area contributed by atoms with Crippen molar-refractivity contribution in [1.82, 2.24) is 15.5 Å². The Morgan fingerprint density at radius 3 is 2.02 bits per heavy atom. The van der Waals surface area contributed by atoms with Gasteiger partial charge in [-0.2, -0.15) is 0 Å². The number of amides is 3. The van der Waals surface area contributed by atoms with Gasteiger partial charge in [-0.05, 0) is 68.5 Å². The molecule has 3 amide bonds. The minimum atomic E-state index is -1.02. The Kier molecular flexibility index (Phi) is 9.94. The zero-order valence-electron chi connectivity index (χ0n) is 23.4. The summed E-state index contributed by atoms with van der Waals surface area (Å²) in [5.41, 5.74) is 1.70. The molecule has 9 heteroatoms. The van der Waals surface area contributed by atoms with E-state index in [-0.39, 0.29) is 18.4 Å². The van der Waals surface area contributed by atoms with Crippen molar-refractivity contribution in [3.63, 3.8) is 0 Å². The molecule has 1 fully saturated rings. The summed E-state index contributed by atoms with van der Waals surface area (Å²) in [5, 5.41) is 6.74. The highest BCUT2D eigenvalue weighted by Crippen LogP contribution is 2.31. The van der Waals surface area contributed by atoms with E-state index >= 15 is 0 Å². The fraction of sp³-hybridized carbons (Fsp3) is 0.344. The fourth-order valence-corrected chi connectivity index (χ4v) is 5.69. The molecule has 1 aliphatic rings. The lowest BCUT2D eigenvalue weighted by atomic mass is 9.84. The normalized spacial score (nSPS) is 15.9. The summed E-state index contributed by atoms with van der Waals surface area (Å²) in [6.07, 6.45) is 0.465. The highest BCUT2D eigenvalue weighted by atomic mass is 35.5. The summed E-state index contributed by atoms with van der Waals surface area (Å²) >= 11 is 12.2. The van der Waals surface area contributed by atoms with Crippen molar-refractivity contribution in [2.45, 2.75) is 63.8 Å². The molecule has 0 unspecified atom stereocenters. The fourth-order valence-electron chi connectivity index (χ4n) is 5.12. The Bertz CT molecular complexity index is 1300. The van der Waals surface area contributed by atoms with Crippen molar-refractivity contribution in [2.75, 3.05) is 6.54 Å². The summed E-state index contributed by atoms with van der Waals surface area (Å²) in [4.78, 5) is 42.4. The van der Waals surface area contributed by atoms with Gasteiger partial charge in [0.25, 0.3) is 0 Å². The Morgan fingerprint density at radius 1 is 0.927 bits per heavy atom. The van der Waals surface area contributed by atoms with E-state index in [4.69, 9.17) is 27.9 Å². The Morgan fingerprint density at radius 2 is 1.49 bits per heavy atom. The number of carbonyl (C=O) groups is 3. The van der Waals surface area contributed by atoms with Crippen LogP contribution in [0.4, 0.5) is 4.79 Å². The molecule has 2 N–H and O–H groups in total. The molecule has 7 nitrogen and oxygen atoms in total. The Labute approximate surface area is 251 Å². The van der Waals surface area contributed by atoms with Gasteiger partial charge in [-0.15, -0.1) is 0 Å². The van der Waals surface area contributed by atoms with Gasteiger partial charge in [0.2, 0.25) is 11.8 Å². The molecular weight excluding hydrogens is 561 g/mol. The number of likely N-dealkylation sites (tertiary alicyclic amines) is 1. The van der Waals surface area contributed by atoms with Crippen LogP contribution < -0.4 is 10.6 Å². The van der Waals surface area contributed by atoms with Gasteiger partial charge in [0.1, 0.15) is 17.7 Å². The van der Waals surface area contributed by atoms with Crippen LogP contribution in [0.2, 0.25) is 10.0 Å². The maximum Gasteiger partial charge on any atom is 0.408 e. The first-order chi connectivity index (χ1) is 19.5. The lowest BCUT2D eigenvalue weighted by molar-refractivity contribution is -0.140. The lowest BCUT2D eigenvalue weighted by Crippen LogP contribution is -2.56. The zero-order chi connectivity index (χ0) is 29.6. The molecule has 0 aromatic heterocycles. The van der Waals surface area contributed by atoms with Crippen molar-refractivity contribution in [2.24, 2.45) is 0 Å². The topological polar surface area (TPSA) is 87.7 Å².